The van der Waals surface area contributed by atoms with Gasteiger partial charge in [0.2, 0.25) is 0 Å². The molecular formula is C13H18N4O. The number of H-pyrrole nitrogens is 1. The first-order valence-electron chi connectivity index (χ1n) is 6.24. The topological polar surface area (TPSA) is 63.6 Å². The molecule has 2 aromatic rings. The molecule has 1 N–H and O–H groups in total. The molecule has 0 aliphatic heterocycles. The Bertz CT molecular complexity index is 583. The van der Waals surface area contributed by atoms with Gasteiger partial charge in [0.25, 0.3) is 5.56 Å². The van der Waals surface area contributed by atoms with Crippen LogP contribution < -0.4 is 5.56 Å². The molecule has 96 valence electrons. The van der Waals surface area contributed by atoms with Gasteiger partial charge in [-0.15, -0.1) is 0 Å². The minimum absolute atomic E-state index is 0.119. The second-order valence-electron chi connectivity index (χ2n) is 4.66. The maximum atomic E-state index is 11.6. The molecular weight excluding hydrogens is 228 g/mol. The summed E-state index contributed by atoms with van der Waals surface area (Å²) in [6, 6.07) is 1.51. The third kappa shape index (κ3) is 2.67. The summed E-state index contributed by atoms with van der Waals surface area (Å²) >= 11 is 0. The van der Waals surface area contributed by atoms with Gasteiger partial charge >= 0.3 is 0 Å². The third-order valence-electron chi connectivity index (χ3n) is 2.69. The molecule has 0 fully saturated rings. The van der Waals surface area contributed by atoms with Gasteiger partial charge in [0.1, 0.15) is 5.82 Å². The van der Waals surface area contributed by atoms with E-state index in [1.165, 1.54) is 6.07 Å². The predicted molar refractivity (Wildman–Crippen MR) is 70.5 cm³/mol. The number of hydrogen-bond donors (Lipinski definition) is 1. The highest BCUT2D eigenvalue weighted by molar-refractivity contribution is 5.56. The van der Waals surface area contributed by atoms with Gasteiger partial charge in [-0.3, -0.25) is 9.48 Å². The minimum Gasteiger partial charge on any atom is -0.310 e. The quantitative estimate of drug-likeness (QED) is 0.899. The minimum atomic E-state index is -0.119. The van der Waals surface area contributed by atoms with E-state index in [9.17, 15) is 4.79 Å². The molecule has 0 saturated heterocycles. The first-order valence-corrected chi connectivity index (χ1v) is 6.24. The second-order valence-corrected chi connectivity index (χ2v) is 4.66. The molecule has 0 bridgehead atoms. The summed E-state index contributed by atoms with van der Waals surface area (Å²) in [5.74, 6) is 0.907. The first-order chi connectivity index (χ1) is 8.60. The van der Waals surface area contributed by atoms with Crippen molar-refractivity contribution in [1.29, 1.82) is 0 Å². The molecule has 0 aliphatic rings. The zero-order valence-corrected chi connectivity index (χ0v) is 11.0. The SMILES string of the molecule is CCCn1cc(-c2cc(=O)[nH]c(C(C)C)n2)cn1. The normalized spacial score (nSPS) is 11.1. The molecule has 18 heavy (non-hydrogen) atoms. The second kappa shape index (κ2) is 5.16. The zero-order valence-electron chi connectivity index (χ0n) is 11.0. The van der Waals surface area contributed by atoms with E-state index in [2.05, 4.69) is 22.0 Å². The average molecular weight is 246 g/mol. The van der Waals surface area contributed by atoms with Gasteiger partial charge in [-0.1, -0.05) is 20.8 Å². The lowest BCUT2D eigenvalue weighted by molar-refractivity contribution is 0.603. The molecule has 0 amide bonds. The van der Waals surface area contributed by atoms with Crippen LogP contribution in [0.15, 0.2) is 23.3 Å². The fraction of sp³-hybridized carbons (Fsp3) is 0.462. The van der Waals surface area contributed by atoms with E-state index in [-0.39, 0.29) is 11.5 Å². The van der Waals surface area contributed by atoms with E-state index in [1.54, 1.807) is 6.20 Å². The van der Waals surface area contributed by atoms with E-state index < -0.39 is 0 Å². The molecule has 2 aromatic heterocycles. The summed E-state index contributed by atoms with van der Waals surface area (Å²) in [6.07, 6.45) is 4.71. The van der Waals surface area contributed by atoms with Gasteiger partial charge in [-0.2, -0.15) is 5.10 Å². The molecule has 2 heterocycles. The van der Waals surface area contributed by atoms with Gasteiger partial charge in [0, 0.05) is 30.3 Å². The van der Waals surface area contributed by atoms with Crippen LogP contribution in [0.2, 0.25) is 0 Å². The molecule has 0 saturated carbocycles. The Morgan fingerprint density at radius 3 is 2.89 bits per heavy atom. The number of aryl methyl sites for hydroxylation is 1. The largest absolute Gasteiger partial charge is 0.310 e. The lowest BCUT2D eigenvalue weighted by atomic mass is 10.2. The monoisotopic (exact) mass is 246 g/mol. The molecule has 2 rings (SSSR count). The van der Waals surface area contributed by atoms with Crippen LogP contribution in [0.4, 0.5) is 0 Å². The standard InChI is InChI=1S/C13H18N4O/c1-4-5-17-8-10(7-14-17)11-6-12(18)16-13(15-11)9(2)3/h6-9H,4-5H2,1-3H3,(H,15,16,18). The summed E-state index contributed by atoms with van der Waals surface area (Å²) in [5.41, 5.74) is 1.45. The van der Waals surface area contributed by atoms with Crippen LogP contribution in [0.5, 0.6) is 0 Å². The Labute approximate surface area is 106 Å². The van der Waals surface area contributed by atoms with E-state index >= 15 is 0 Å². The fourth-order valence-corrected chi connectivity index (χ4v) is 1.75. The predicted octanol–water partition coefficient (Wildman–Crippen LogP) is 2.17. The van der Waals surface area contributed by atoms with Crippen molar-refractivity contribution in [3.05, 3.63) is 34.6 Å². The lowest BCUT2D eigenvalue weighted by Gasteiger charge is -2.05. The van der Waals surface area contributed by atoms with Gasteiger partial charge in [0.15, 0.2) is 0 Å². The first kappa shape index (κ1) is 12.5. The Balaban J connectivity index is 2.40. The summed E-state index contributed by atoms with van der Waals surface area (Å²) in [5, 5.41) is 4.25. The zero-order chi connectivity index (χ0) is 13.1. The van der Waals surface area contributed by atoms with Crippen molar-refractivity contribution in [3.8, 4) is 11.3 Å². The van der Waals surface area contributed by atoms with Gasteiger partial charge in [-0.05, 0) is 6.42 Å². The molecule has 0 unspecified atom stereocenters. The van der Waals surface area contributed by atoms with Crippen LogP contribution in [0.1, 0.15) is 38.9 Å². The van der Waals surface area contributed by atoms with E-state index in [0.29, 0.717) is 11.5 Å². The van der Waals surface area contributed by atoms with Crippen LogP contribution >= 0.6 is 0 Å². The number of aromatic amines is 1. The van der Waals surface area contributed by atoms with Crippen LogP contribution in [-0.2, 0) is 6.54 Å². The highest BCUT2D eigenvalue weighted by Gasteiger charge is 2.08. The van der Waals surface area contributed by atoms with Gasteiger partial charge < -0.3 is 4.98 Å². The van der Waals surface area contributed by atoms with Crippen molar-refractivity contribution in [2.45, 2.75) is 39.7 Å². The molecule has 0 atom stereocenters. The Morgan fingerprint density at radius 2 is 2.22 bits per heavy atom. The van der Waals surface area contributed by atoms with Gasteiger partial charge in [0.05, 0.1) is 11.9 Å². The Morgan fingerprint density at radius 1 is 1.44 bits per heavy atom. The summed E-state index contributed by atoms with van der Waals surface area (Å²) in [7, 11) is 0. The van der Waals surface area contributed by atoms with Gasteiger partial charge in [-0.25, -0.2) is 4.98 Å². The smallest absolute Gasteiger partial charge is 0.251 e. The van der Waals surface area contributed by atoms with Crippen LogP contribution in [0.3, 0.4) is 0 Å². The van der Waals surface area contributed by atoms with Crippen molar-refractivity contribution >= 4 is 0 Å². The van der Waals surface area contributed by atoms with E-state index in [0.717, 1.165) is 18.5 Å². The summed E-state index contributed by atoms with van der Waals surface area (Å²) in [4.78, 5) is 18.8. The molecule has 0 aromatic carbocycles. The number of nitrogens with one attached hydrogen (secondary N) is 1. The van der Waals surface area contributed by atoms with Crippen molar-refractivity contribution in [1.82, 2.24) is 19.7 Å². The third-order valence-corrected chi connectivity index (χ3v) is 2.69. The molecule has 0 aliphatic carbocycles. The maximum Gasteiger partial charge on any atom is 0.251 e. The molecule has 0 radical (unpaired) electrons. The highest BCUT2D eigenvalue weighted by atomic mass is 16.1. The molecule has 5 heteroatoms. The van der Waals surface area contributed by atoms with Crippen molar-refractivity contribution in [2.24, 2.45) is 0 Å². The van der Waals surface area contributed by atoms with E-state index in [4.69, 9.17) is 0 Å². The van der Waals surface area contributed by atoms with Crippen molar-refractivity contribution < 1.29 is 0 Å². The van der Waals surface area contributed by atoms with Crippen LogP contribution in [0.25, 0.3) is 11.3 Å². The lowest BCUT2D eigenvalue weighted by Crippen LogP contribution is -2.12. The maximum absolute atomic E-state index is 11.6. The van der Waals surface area contributed by atoms with Crippen LogP contribution in [0, 0.1) is 0 Å². The number of aromatic nitrogens is 4. The molecule has 5 nitrogen and oxygen atoms in total. The Kier molecular flexibility index (Phi) is 3.60. The summed E-state index contributed by atoms with van der Waals surface area (Å²) < 4.78 is 1.87. The number of rotatable bonds is 4. The Hall–Kier alpha value is -1.91. The molecule has 0 spiro atoms. The fourth-order valence-electron chi connectivity index (χ4n) is 1.75. The number of nitrogens with zero attached hydrogens (tertiary/aromatic N) is 3. The van der Waals surface area contributed by atoms with Crippen molar-refractivity contribution in [3.63, 3.8) is 0 Å². The van der Waals surface area contributed by atoms with E-state index in [1.807, 2.05) is 24.7 Å². The van der Waals surface area contributed by atoms with Crippen LogP contribution in [-0.4, -0.2) is 19.7 Å². The number of hydrogen-bond acceptors (Lipinski definition) is 3. The highest BCUT2D eigenvalue weighted by Crippen LogP contribution is 2.16. The van der Waals surface area contributed by atoms with Crippen molar-refractivity contribution in [2.75, 3.05) is 0 Å². The average Bonchev–Trinajstić information content (AvgIpc) is 2.77. The summed E-state index contributed by atoms with van der Waals surface area (Å²) in [6.45, 7) is 6.98.